The highest BCUT2D eigenvalue weighted by Gasteiger charge is 2.51. The molecule has 5 atom stereocenters. The number of cyclic esters (lactones) is 1. The molecular weight excluding hydrogens is 699 g/mol. The van der Waals surface area contributed by atoms with Crippen LogP contribution in [0.5, 0.6) is 0 Å². The number of fused-ring (bicyclic) bond motifs is 2. The number of hydrogen-bond donors (Lipinski definition) is 3. The molecule has 14 nitrogen and oxygen atoms in total. The van der Waals surface area contributed by atoms with E-state index < -0.39 is 89.6 Å². The van der Waals surface area contributed by atoms with Gasteiger partial charge in [0.2, 0.25) is 35.4 Å². The Hall–Kier alpha value is -4.82. The monoisotopic (exact) mass is 752 g/mol. The van der Waals surface area contributed by atoms with E-state index in [0.717, 1.165) is 12.8 Å². The summed E-state index contributed by atoms with van der Waals surface area (Å²) >= 11 is 0. The van der Waals surface area contributed by atoms with Gasteiger partial charge in [0.15, 0.2) is 0 Å². The lowest BCUT2D eigenvalue weighted by atomic mass is 9.92. The van der Waals surface area contributed by atoms with Gasteiger partial charge in [-0.1, -0.05) is 50.8 Å². The number of ether oxygens (including phenoxy) is 1. The van der Waals surface area contributed by atoms with E-state index in [9.17, 15) is 38.0 Å². The molecule has 4 fully saturated rings. The quantitative estimate of drug-likeness (QED) is 0.195. The van der Waals surface area contributed by atoms with Crippen LogP contribution in [0, 0.1) is 5.82 Å². The molecule has 0 bridgehead atoms. The Kier molecular flexibility index (Phi) is 13.5. The van der Waals surface area contributed by atoms with E-state index in [0.29, 0.717) is 63.4 Å². The Labute approximate surface area is 315 Å². The molecule has 4 aliphatic rings. The summed E-state index contributed by atoms with van der Waals surface area (Å²) in [5.74, 6) is -4.71. The number of carbonyl (C=O) groups is 7. The molecule has 3 heterocycles. The van der Waals surface area contributed by atoms with Crippen molar-refractivity contribution in [1.29, 1.82) is 0 Å². The number of allylic oxidation sites excluding steroid dienone is 1. The second-order valence-electron chi connectivity index (χ2n) is 14.8. The second kappa shape index (κ2) is 18.0. The average molecular weight is 753 g/mol. The maximum Gasteiger partial charge on any atom is 0.328 e. The van der Waals surface area contributed by atoms with Gasteiger partial charge in [-0.2, -0.15) is 0 Å². The van der Waals surface area contributed by atoms with E-state index in [1.807, 2.05) is 6.92 Å². The van der Waals surface area contributed by atoms with Crippen molar-refractivity contribution in [3.8, 4) is 0 Å². The van der Waals surface area contributed by atoms with Crippen molar-refractivity contribution in [2.45, 2.75) is 127 Å². The Bertz CT molecular complexity index is 1630. The zero-order valence-electron chi connectivity index (χ0n) is 31.4. The summed E-state index contributed by atoms with van der Waals surface area (Å²) in [6.45, 7) is 3.40. The summed E-state index contributed by atoms with van der Waals surface area (Å²) < 4.78 is 19.8. The maximum atomic E-state index is 14.4. The molecule has 1 spiro atoms. The number of nitrogens with zero attached hydrogens (tertiary/aromatic N) is 3. The summed E-state index contributed by atoms with van der Waals surface area (Å²) in [6, 6.07) is -0.0674. The van der Waals surface area contributed by atoms with Crippen molar-refractivity contribution in [2.24, 2.45) is 0 Å². The van der Waals surface area contributed by atoms with Crippen LogP contribution in [-0.2, 0) is 44.7 Å². The number of amides is 6. The topological polar surface area (TPSA) is 175 Å². The van der Waals surface area contributed by atoms with Crippen LogP contribution in [0.4, 0.5) is 4.39 Å². The van der Waals surface area contributed by atoms with Gasteiger partial charge in [-0.25, -0.2) is 9.18 Å². The summed E-state index contributed by atoms with van der Waals surface area (Å²) in [5.41, 5.74) is -0.816. The van der Waals surface area contributed by atoms with Gasteiger partial charge in [0.1, 0.15) is 48.2 Å². The van der Waals surface area contributed by atoms with Crippen molar-refractivity contribution in [2.75, 3.05) is 26.7 Å². The molecule has 6 amide bonds. The second-order valence-corrected chi connectivity index (χ2v) is 14.8. The van der Waals surface area contributed by atoms with Crippen LogP contribution < -0.4 is 16.0 Å². The Morgan fingerprint density at radius 2 is 1.69 bits per heavy atom. The van der Waals surface area contributed by atoms with Gasteiger partial charge in [-0.15, -0.1) is 0 Å². The number of esters is 1. The number of likely N-dealkylation sites (N-methyl/N-ethyl adjacent to an activating group) is 1. The van der Waals surface area contributed by atoms with Crippen LogP contribution >= 0.6 is 0 Å². The third-order valence-electron chi connectivity index (χ3n) is 11.1. The highest BCUT2D eigenvalue weighted by molar-refractivity contribution is 5.99. The van der Waals surface area contributed by atoms with Gasteiger partial charge in [0.25, 0.3) is 0 Å². The first-order valence-corrected chi connectivity index (χ1v) is 19.2. The number of halogens is 1. The molecule has 0 radical (unpaired) electrons. The molecule has 0 aromatic heterocycles. The van der Waals surface area contributed by atoms with Crippen LogP contribution in [-0.4, -0.2) is 119 Å². The Morgan fingerprint density at radius 1 is 1.00 bits per heavy atom. The molecule has 3 aliphatic heterocycles. The molecule has 5 rings (SSSR count). The summed E-state index contributed by atoms with van der Waals surface area (Å²) in [7, 11) is 1.55. The van der Waals surface area contributed by atoms with Gasteiger partial charge in [-0.05, 0) is 75.6 Å². The zero-order valence-corrected chi connectivity index (χ0v) is 31.4. The minimum absolute atomic E-state index is 0.115. The molecule has 54 heavy (non-hydrogen) atoms. The van der Waals surface area contributed by atoms with Crippen molar-refractivity contribution < 1.29 is 42.7 Å². The molecule has 1 aromatic rings. The summed E-state index contributed by atoms with van der Waals surface area (Å²) in [5, 5.41) is 8.16. The maximum absolute atomic E-state index is 14.4. The number of nitrogens with one attached hydrogen (secondary N) is 3. The van der Waals surface area contributed by atoms with E-state index >= 15 is 0 Å². The highest BCUT2D eigenvalue weighted by Crippen LogP contribution is 2.37. The normalized spacial score (nSPS) is 25.8. The fourth-order valence-electron chi connectivity index (χ4n) is 8.06. The van der Waals surface area contributed by atoms with Crippen LogP contribution in [0.2, 0.25) is 0 Å². The predicted octanol–water partition coefficient (Wildman–Crippen LogP) is 1.90. The molecule has 15 heteroatoms. The van der Waals surface area contributed by atoms with Gasteiger partial charge < -0.3 is 35.4 Å². The lowest BCUT2D eigenvalue weighted by Gasteiger charge is -2.41. The minimum atomic E-state index is -1.48. The molecule has 1 aromatic carbocycles. The molecule has 1 aliphatic carbocycles. The van der Waals surface area contributed by atoms with Crippen molar-refractivity contribution in [3.05, 3.63) is 47.8 Å². The van der Waals surface area contributed by atoms with Gasteiger partial charge >= 0.3 is 5.97 Å². The highest BCUT2D eigenvalue weighted by atomic mass is 19.1. The number of benzene rings is 1. The fourth-order valence-corrected chi connectivity index (χ4v) is 8.06. The molecule has 0 unspecified atom stereocenters. The number of rotatable bonds is 9. The van der Waals surface area contributed by atoms with Gasteiger partial charge in [0.05, 0.1) is 0 Å². The van der Waals surface area contributed by atoms with Crippen LogP contribution in [0.25, 0.3) is 0 Å². The lowest BCUT2D eigenvalue weighted by Crippen LogP contribution is -2.64. The van der Waals surface area contributed by atoms with Crippen LogP contribution in [0.15, 0.2) is 36.4 Å². The van der Waals surface area contributed by atoms with Crippen molar-refractivity contribution >= 4 is 41.4 Å². The lowest BCUT2D eigenvalue weighted by molar-refractivity contribution is -0.159. The van der Waals surface area contributed by atoms with Gasteiger partial charge in [-0.3, -0.25) is 28.8 Å². The third-order valence-corrected chi connectivity index (χ3v) is 11.1. The van der Waals surface area contributed by atoms with E-state index in [1.54, 1.807) is 26.1 Å². The van der Waals surface area contributed by atoms with Crippen molar-refractivity contribution in [1.82, 2.24) is 30.7 Å². The molecule has 3 saturated heterocycles. The minimum Gasteiger partial charge on any atom is -0.461 e. The zero-order chi connectivity index (χ0) is 39.0. The van der Waals surface area contributed by atoms with Crippen molar-refractivity contribution in [3.63, 3.8) is 0 Å². The molecular formula is C39H53FN6O8. The largest absolute Gasteiger partial charge is 0.461 e. The van der Waals surface area contributed by atoms with E-state index in [2.05, 4.69) is 16.0 Å². The third kappa shape index (κ3) is 9.09. The first kappa shape index (κ1) is 40.4. The smallest absolute Gasteiger partial charge is 0.328 e. The number of unbranched alkanes of at least 4 members (excludes halogenated alkanes) is 2. The number of carbonyl (C=O) groups excluding carboxylic acids is 7. The SMILES string of the molecule is CCCC/C=C/C(=O)N[C@@H](Cc1cccc(F)c1)C(=O)N[C@@H]1COC(=O)[C@@H]2CCCN2C(=O)[C@H](C)NC(=O)C2(CCCC2)N(C)C(=O)[C@@H]2CCCN2C1=O. The molecule has 3 N–H and O–H groups in total. The fraction of sp³-hybridized carbons (Fsp3) is 0.615. The Morgan fingerprint density at radius 3 is 2.37 bits per heavy atom. The number of hydrogen-bond acceptors (Lipinski definition) is 8. The first-order chi connectivity index (χ1) is 25.9. The Balaban J connectivity index is 1.46. The van der Waals surface area contributed by atoms with E-state index in [-0.39, 0.29) is 19.5 Å². The van der Waals surface area contributed by atoms with Crippen LogP contribution in [0.3, 0.4) is 0 Å². The average Bonchev–Trinajstić information content (AvgIpc) is 3.95. The molecule has 1 saturated carbocycles. The van der Waals surface area contributed by atoms with E-state index in [4.69, 9.17) is 4.74 Å². The van der Waals surface area contributed by atoms with Crippen LogP contribution in [0.1, 0.15) is 90.0 Å². The van der Waals surface area contributed by atoms with Gasteiger partial charge in [0, 0.05) is 26.6 Å². The van der Waals surface area contributed by atoms with E-state index in [1.165, 1.54) is 39.0 Å². The first-order valence-electron chi connectivity index (χ1n) is 19.2. The summed E-state index contributed by atoms with van der Waals surface area (Å²) in [4.78, 5) is 101. The predicted molar refractivity (Wildman–Crippen MR) is 195 cm³/mol. The molecule has 294 valence electrons. The summed E-state index contributed by atoms with van der Waals surface area (Å²) in [6.07, 6.45) is 9.10. The standard InChI is InChI=1S/C39H53FN6O8/c1-4-5-6-7-17-32(47)42-28(23-26-13-10-14-27(40)22-26)33(48)43-29-24-54-37(52)31-16-12-21-46(31)34(49)25(2)41-38(53)39(18-8-9-19-39)44(3)36(51)30-15-11-20-45(30)35(29)50/h7,10,13-14,17,22,25,28-31H,4-6,8-9,11-12,15-16,18-21,23-24H2,1-3H3,(H,41,53)(H,42,47)(H,43,48)/b17-7+/t25-,28-,29+,30-,31-/m0/s1.